The quantitative estimate of drug-likeness (QED) is 0.447. The van der Waals surface area contributed by atoms with Crippen LogP contribution in [0.1, 0.15) is 51.0 Å². The number of nitro groups is 1. The van der Waals surface area contributed by atoms with Gasteiger partial charge in [0.1, 0.15) is 6.61 Å². The van der Waals surface area contributed by atoms with Crippen molar-refractivity contribution in [1.82, 2.24) is 4.90 Å². The third-order valence-electron chi connectivity index (χ3n) is 5.54. The molecule has 0 radical (unpaired) electrons. The van der Waals surface area contributed by atoms with Gasteiger partial charge in [0.15, 0.2) is 6.04 Å². The van der Waals surface area contributed by atoms with E-state index >= 15 is 0 Å². The molecular weight excluding hydrogens is 392 g/mol. The van der Waals surface area contributed by atoms with E-state index in [2.05, 4.69) is 0 Å². The van der Waals surface area contributed by atoms with Crippen LogP contribution >= 0.6 is 0 Å². The summed E-state index contributed by atoms with van der Waals surface area (Å²) in [6, 6.07) is 4.42. The van der Waals surface area contributed by atoms with E-state index in [1.54, 1.807) is 6.92 Å². The van der Waals surface area contributed by atoms with Crippen LogP contribution in [0.5, 0.6) is 0 Å². The number of hydrogen-bond donors (Lipinski definition) is 1. The lowest BCUT2D eigenvalue weighted by atomic mass is 9.87. The maximum absolute atomic E-state index is 12.3. The van der Waals surface area contributed by atoms with Gasteiger partial charge in [0.25, 0.3) is 5.69 Å². The van der Waals surface area contributed by atoms with Gasteiger partial charge in [-0.15, -0.1) is 0 Å². The van der Waals surface area contributed by atoms with Crippen LogP contribution in [0, 0.1) is 16.0 Å². The van der Waals surface area contributed by atoms with Crippen molar-refractivity contribution in [1.29, 1.82) is 0 Å². The van der Waals surface area contributed by atoms with Gasteiger partial charge >= 0.3 is 12.1 Å². The van der Waals surface area contributed by atoms with Crippen LogP contribution in [0.25, 0.3) is 0 Å². The lowest BCUT2D eigenvalue weighted by molar-refractivity contribution is -0.384. The lowest BCUT2D eigenvalue weighted by Crippen LogP contribution is -2.49. The number of nitro benzene ring substituents is 1. The fraction of sp³-hybridized carbons (Fsp3) is 0.619. The summed E-state index contributed by atoms with van der Waals surface area (Å²) in [4.78, 5) is 35.3. The summed E-state index contributed by atoms with van der Waals surface area (Å²) in [5.74, 6) is -0.548. The maximum Gasteiger partial charge on any atom is 0.410 e. The second-order valence-electron chi connectivity index (χ2n) is 7.74. The Morgan fingerprint density at radius 3 is 2.43 bits per heavy atom. The molecule has 1 fully saturated rings. The van der Waals surface area contributed by atoms with Gasteiger partial charge in [0, 0.05) is 25.8 Å². The number of amides is 1. The minimum atomic E-state index is -1.18. The first kappa shape index (κ1) is 23.6. The van der Waals surface area contributed by atoms with Gasteiger partial charge in [-0.1, -0.05) is 32.1 Å². The number of ether oxygens (including phenoxy) is 2. The van der Waals surface area contributed by atoms with Crippen LogP contribution in [-0.2, 0) is 20.9 Å². The van der Waals surface area contributed by atoms with Gasteiger partial charge < -0.3 is 14.6 Å². The first-order valence-electron chi connectivity index (χ1n) is 10.3. The predicted octanol–water partition coefficient (Wildman–Crippen LogP) is 3.99. The number of likely N-dealkylation sites (N-methyl/N-ethyl adjacent to an activating group) is 1. The standard InChI is InChI=1S/C21H30N2O7/c1-15(29-13-12-16-6-4-3-5-7-16)19(20(24)25)22(2)21(26)30-14-17-8-10-18(11-9-17)23(27)28/h8-11,15-16,19H,3-7,12-14H2,1-2H3,(H,24,25)/t15-,19+/m1/s1. The van der Waals surface area contributed by atoms with Crippen molar-refractivity contribution in [3.63, 3.8) is 0 Å². The SMILES string of the molecule is C[C@@H](OCCC1CCCCC1)[C@@H](C(=O)O)N(C)C(=O)OCc1ccc([N+](=O)[O-])cc1. The molecule has 1 aromatic carbocycles. The number of hydrogen-bond acceptors (Lipinski definition) is 6. The van der Waals surface area contributed by atoms with E-state index in [9.17, 15) is 24.8 Å². The molecule has 166 valence electrons. The van der Waals surface area contributed by atoms with E-state index < -0.39 is 29.1 Å². The summed E-state index contributed by atoms with van der Waals surface area (Å²) in [7, 11) is 1.36. The summed E-state index contributed by atoms with van der Waals surface area (Å²) in [6.07, 6.45) is 5.53. The Labute approximate surface area is 176 Å². The van der Waals surface area contributed by atoms with Crippen LogP contribution in [-0.4, -0.2) is 52.8 Å². The third kappa shape index (κ3) is 6.98. The molecular formula is C21H30N2O7. The van der Waals surface area contributed by atoms with Gasteiger partial charge in [-0.3, -0.25) is 15.0 Å². The van der Waals surface area contributed by atoms with Gasteiger partial charge in [-0.2, -0.15) is 0 Å². The zero-order valence-electron chi connectivity index (χ0n) is 17.5. The van der Waals surface area contributed by atoms with Crippen molar-refractivity contribution in [2.45, 2.75) is 64.2 Å². The minimum absolute atomic E-state index is 0.0627. The fourth-order valence-electron chi connectivity index (χ4n) is 3.74. The summed E-state index contributed by atoms with van der Waals surface area (Å²) in [5.41, 5.74) is 0.498. The summed E-state index contributed by atoms with van der Waals surface area (Å²) in [6.45, 7) is 1.98. The van der Waals surface area contributed by atoms with Crippen LogP contribution in [0.3, 0.4) is 0 Å². The average molecular weight is 422 g/mol. The molecule has 9 nitrogen and oxygen atoms in total. The number of rotatable bonds is 10. The smallest absolute Gasteiger partial charge is 0.410 e. The molecule has 1 aromatic rings. The molecule has 0 bridgehead atoms. The van der Waals surface area contributed by atoms with E-state index in [1.165, 1.54) is 63.4 Å². The number of benzene rings is 1. The van der Waals surface area contributed by atoms with Gasteiger partial charge in [0.2, 0.25) is 0 Å². The largest absolute Gasteiger partial charge is 0.480 e. The van der Waals surface area contributed by atoms with Crippen molar-refractivity contribution in [3.05, 3.63) is 39.9 Å². The summed E-state index contributed by atoms with van der Waals surface area (Å²) < 4.78 is 10.9. The molecule has 0 saturated heterocycles. The van der Waals surface area contributed by atoms with Crippen molar-refractivity contribution in [3.8, 4) is 0 Å². The Morgan fingerprint density at radius 2 is 1.87 bits per heavy atom. The Balaban J connectivity index is 1.84. The highest BCUT2D eigenvalue weighted by Crippen LogP contribution is 2.26. The van der Waals surface area contributed by atoms with Gasteiger partial charge in [0.05, 0.1) is 11.0 Å². The molecule has 2 rings (SSSR count). The second-order valence-corrected chi connectivity index (χ2v) is 7.74. The molecule has 0 aliphatic heterocycles. The van der Waals surface area contributed by atoms with Crippen LogP contribution < -0.4 is 0 Å². The molecule has 2 atom stereocenters. The Morgan fingerprint density at radius 1 is 1.23 bits per heavy atom. The number of nitrogens with zero attached hydrogens (tertiary/aromatic N) is 2. The number of carbonyl (C=O) groups is 2. The van der Waals surface area contributed by atoms with Crippen molar-refractivity contribution >= 4 is 17.7 Å². The second kappa shape index (κ2) is 11.5. The predicted molar refractivity (Wildman–Crippen MR) is 109 cm³/mol. The van der Waals surface area contributed by atoms with Crippen molar-refractivity contribution < 1.29 is 29.1 Å². The topological polar surface area (TPSA) is 119 Å². The molecule has 1 saturated carbocycles. The van der Waals surface area contributed by atoms with E-state index in [0.29, 0.717) is 18.1 Å². The molecule has 0 aromatic heterocycles. The van der Waals surface area contributed by atoms with E-state index in [0.717, 1.165) is 11.3 Å². The highest BCUT2D eigenvalue weighted by molar-refractivity contribution is 5.80. The van der Waals surface area contributed by atoms with Crippen LogP contribution in [0.4, 0.5) is 10.5 Å². The Kier molecular flexibility index (Phi) is 9.04. The van der Waals surface area contributed by atoms with Crippen LogP contribution in [0.15, 0.2) is 24.3 Å². The molecule has 0 unspecified atom stereocenters. The van der Waals surface area contributed by atoms with E-state index in [1.807, 2.05) is 0 Å². The third-order valence-corrected chi connectivity index (χ3v) is 5.54. The molecule has 9 heteroatoms. The first-order valence-corrected chi connectivity index (χ1v) is 10.3. The summed E-state index contributed by atoms with van der Waals surface area (Å²) >= 11 is 0. The normalized spacial score (nSPS) is 16.5. The molecule has 30 heavy (non-hydrogen) atoms. The first-order chi connectivity index (χ1) is 14.3. The average Bonchev–Trinajstić information content (AvgIpc) is 2.72. The number of carboxylic acid groups (broad SMARTS) is 1. The number of carboxylic acids is 1. The van der Waals surface area contributed by atoms with Gasteiger partial charge in [-0.05, 0) is 37.0 Å². The molecule has 1 amide bonds. The number of aliphatic carboxylic acids is 1. The zero-order chi connectivity index (χ0) is 22.1. The van der Waals surface area contributed by atoms with Crippen molar-refractivity contribution in [2.24, 2.45) is 5.92 Å². The van der Waals surface area contributed by atoms with E-state index in [-0.39, 0.29) is 12.3 Å². The zero-order valence-corrected chi connectivity index (χ0v) is 17.5. The summed E-state index contributed by atoms with van der Waals surface area (Å²) in [5, 5.41) is 20.3. The fourth-order valence-corrected chi connectivity index (χ4v) is 3.74. The molecule has 0 spiro atoms. The molecule has 1 aliphatic rings. The van der Waals surface area contributed by atoms with Crippen LogP contribution in [0.2, 0.25) is 0 Å². The maximum atomic E-state index is 12.3. The highest BCUT2D eigenvalue weighted by Gasteiger charge is 2.33. The lowest BCUT2D eigenvalue weighted by Gasteiger charge is -2.29. The van der Waals surface area contributed by atoms with Gasteiger partial charge in [-0.25, -0.2) is 9.59 Å². The molecule has 1 N–H and O–H groups in total. The Bertz CT molecular complexity index is 717. The Hall–Kier alpha value is -2.68. The molecule has 0 heterocycles. The number of carbonyl (C=O) groups excluding carboxylic acids is 1. The van der Waals surface area contributed by atoms with Crippen molar-refractivity contribution in [2.75, 3.05) is 13.7 Å². The monoisotopic (exact) mass is 422 g/mol. The molecule has 1 aliphatic carbocycles. The minimum Gasteiger partial charge on any atom is -0.480 e. The van der Waals surface area contributed by atoms with E-state index in [4.69, 9.17) is 9.47 Å². The highest BCUT2D eigenvalue weighted by atomic mass is 16.6. The number of non-ortho nitro benzene ring substituents is 1.